The third-order valence-corrected chi connectivity index (χ3v) is 2.76. The number of benzene rings is 1. The molecular formula is C10H12BrFOS. The minimum Gasteiger partial charge on any atom is -0.493 e. The molecule has 0 amide bonds. The number of thiol groups is 1. The van der Waals surface area contributed by atoms with Crippen LogP contribution in [-0.4, -0.2) is 12.4 Å². The molecule has 4 heteroatoms. The lowest BCUT2D eigenvalue weighted by molar-refractivity contribution is 0.272. The SMILES string of the molecule is CC(CS)COc1cc(F)cc(Br)c1. The first-order valence-corrected chi connectivity index (χ1v) is 5.74. The molecule has 0 aliphatic rings. The molecule has 0 spiro atoms. The van der Waals surface area contributed by atoms with E-state index in [4.69, 9.17) is 4.74 Å². The molecule has 0 fully saturated rings. The van der Waals surface area contributed by atoms with Crippen LogP contribution in [0.15, 0.2) is 22.7 Å². The number of ether oxygens (including phenoxy) is 1. The van der Waals surface area contributed by atoms with Crippen molar-refractivity contribution >= 4 is 28.6 Å². The van der Waals surface area contributed by atoms with Gasteiger partial charge in [0.05, 0.1) is 6.61 Å². The Morgan fingerprint density at radius 1 is 1.50 bits per heavy atom. The quantitative estimate of drug-likeness (QED) is 0.829. The van der Waals surface area contributed by atoms with Crippen LogP contribution in [-0.2, 0) is 0 Å². The molecule has 0 aliphatic heterocycles. The highest BCUT2D eigenvalue weighted by Crippen LogP contribution is 2.21. The van der Waals surface area contributed by atoms with Crippen molar-refractivity contribution in [2.24, 2.45) is 5.92 Å². The summed E-state index contributed by atoms with van der Waals surface area (Å²) in [4.78, 5) is 0. The second-order valence-electron chi connectivity index (χ2n) is 3.20. The lowest BCUT2D eigenvalue weighted by Gasteiger charge is -2.10. The fourth-order valence-electron chi connectivity index (χ4n) is 0.903. The van der Waals surface area contributed by atoms with E-state index in [9.17, 15) is 4.39 Å². The summed E-state index contributed by atoms with van der Waals surface area (Å²) in [7, 11) is 0. The molecule has 1 aromatic rings. The summed E-state index contributed by atoms with van der Waals surface area (Å²) in [5.74, 6) is 1.37. The zero-order valence-corrected chi connectivity index (χ0v) is 10.3. The molecule has 1 nitrogen and oxygen atoms in total. The van der Waals surface area contributed by atoms with Gasteiger partial charge in [-0.15, -0.1) is 0 Å². The van der Waals surface area contributed by atoms with Crippen molar-refractivity contribution in [2.75, 3.05) is 12.4 Å². The number of hydrogen-bond acceptors (Lipinski definition) is 2. The van der Waals surface area contributed by atoms with Crippen molar-refractivity contribution in [2.45, 2.75) is 6.92 Å². The summed E-state index contributed by atoms with van der Waals surface area (Å²) in [6, 6.07) is 4.51. The number of halogens is 2. The van der Waals surface area contributed by atoms with Crippen LogP contribution in [0.1, 0.15) is 6.92 Å². The monoisotopic (exact) mass is 278 g/mol. The Morgan fingerprint density at radius 2 is 2.21 bits per heavy atom. The van der Waals surface area contributed by atoms with Gasteiger partial charge in [0.2, 0.25) is 0 Å². The van der Waals surface area contributed by atoms with Gasteiger partial charge in [-0.3, -0.25) is 0 Å². The van der Waals surface area contributed by atoms with E-state index in [1.807, 2.05) is 6.92 Å². The van der Waals surface area contributed by atoms with E-state index in [2.05, 4.69) is 28.6 Å². The minimum absolute atomic E-state index is 0.298. The average molecular weight is 279 g/mol. The van der Waals surface area contributed by atoms with Crippen LogP contribution in [0.3, 0.4) is 0 Å². The van der Waals surface area contributed by atoms with Gasteiger partial charge < -0.3 is 4.74 Å². The van der Waals surface area contributed by atoms with Gasteiger partial charge in [-0.2, -0.15) is 12.6 Å². The zero-order chi connectivity index (χ0) is 10.6. The van der Waals surface area contributed by atoms with Crippen LogP contribution in [0.25, 0.3) is 0 Å². The van der Waals surface area contributed by atoms with Crippen LogP contribution in [0, 0.1) is 11.7 Å². The molecule has 0 heterocycles. The Morgan fingerprint density at radius 3 is 2.79 bits per heavy atom. The molecule has 0 saturated carbocycles. The van der Waals surface area contributed by atoms with E-state index >= 15 is 0 Å². The minimum atomic E-state index is -0.298. The first-order chi connectivity index (χ1) is 6.61. The molecule has 0 bridgehead atoms. The van der Waals surface area contributed by atoms with Gasteiger partial charge in [0.15, 0.2) is 0 Å². The molecular weight excluding hydrogens is 267 g/mol. The summed E-state index contributed by atoms with van der Waals surface area (Å²) in [5, 5.41) is 0. The highest BCUT2D eigenvalue weighted by atomic mass is 79.9. The van der Waals surface area contributed by atoms with Crippen LogP contribution >= 0.6 is 28.6 Å². The fourth-order valence-corrected chi connectivity index (χ4v) is 1.45. The Bertz CT molecular complexity index is 286. The summed E-state index contributed by atoms with van der Waals surface area (Å²) in [6.07, 6.45) is 0. The second-order valence-corrected chi connectivity index (χ2v) is 4.48. The molecule has 0 N–H and O–H groups in total. The van der Waals surface area contributed by atoms with Gasteiger partial charge in [-0.25, -0.2) is 4.39 Å². The Hall–Kier alpha value is -0.220. The Labute approximate surface area is 97.2 Å². The first-order valence-electron chi connectivity index (χ1n) is 4.31. The van der Waals surface area contributed by atoms with Gasteiger partial charge >= 0.3 is 0 Å². The van der Waals surface area contributed by atoms with Crippen molar-refractivity contribution in [3.63, 3.8) is 0 Å². The van der Waals surface area contributed by atoms with Crippen molar-refractivity contribution in [1.29, 1.82) is 0 Å². The van der Waals surface area contributed by atoms with E-state index < -0.39 is 0 Å². The van der Waals surface area contributed by atoms with Crippen LogP contribution in [0.2, 0.25) is 0 Å². The van der Waals surface area contributed by atoms with E-state index in [0.29, 0.717) is 22.7 Å². The van der Waals surface area contributed by atoms with E-state index in [0.717, 1.165) is 5.75 Å². The molecule has 0 saturated heterocycles. The number of hydrogen-bond donors (Lipinski definition) is 1. The first kappa shape index (κ1) is 11.9. The smallest absolute Gasteiger partial charge is 0.128 e. The lowest BCUT2D eigenvalue weighted by atomic mass is 10.2. The summed E-state index contributed by atoms with van der Waals surface area (Å²) in [6.45, 7) is 2.58. The van der Waals surface area contributed by atoms with Crippen molar-refractivity contribution in [1.82, 2.24) is 0 Å². The highest BCUT2D eigenvalue weighted by molar-refractivity contribution is 9.10. The van der Waals surface area contributed by atoms with E-state index in [1.54, 1.807) is 6.07 Å². The molecule has 0 aromatic heterocycles. The van der Waals surface area contributed by atoms with Crippen LogP contribution < -0.4 is 4.74 Å². The summed E-state index contributed by atoms with van der Waals surface area (Å²) >= 11 is 7.34. The molecule has 14 heavy (non-hydrogen) atoms. The lowest BCUT2D eigenvalue weighted by Crippen LogP contribution is -2.09. The van der Waals surface area contributed by atoms with Gasteiger partial charge in [-0.05, 0) is 23.8 Å². The third kappa shape index (κ3) is 3.88. The van der Waals surface area contributed by atoms with Crippen molar-refractivity contribution in [3.8, 4) is 5.75 Å². The topological polar surface area (TPSA) is 9.23 Å². The maximum absolute atomic E-state index is 12.9. The Balaban J connectivity index is 2.58. The van der Waals surface area contributed by atoms with Crippen molar-refractivity contribution < 1.29 is 9.13 Å². The normalized spacial score (nSPS) is 12.6. The Kier molecular flexibility index (Phi) is 4.75. The molecule has 1 unspecified atom stereocenters. The number of rotatable bonds is 4. The average Bonchev–Trinajstić information content (AvgIpc) is 2.12. The van der Waals surface area contributed by atoms with E-state index in [-0.39, 0.29) is 5.82 Å². The van der Waals surface area contributed by atoms with Gasteiger partial charge in [-0.1, -0.05) is 22.9 Å². The predicted octanol–water partition coefficient (Wildman–Crippen LogP) is 3.53. The molecule has 1 rings (SSSR count). The zero-order valence-electron chi connectivity index (χ0n) is 7.84. The molecule has 0 aliphatic carbocycles. The fraction of sp³-hybridized carbons (Fsp3) is 0.400. The van der Waals surface area contributed by atoms with E-state index in [1.165, 1.54) is 12.1 Å². The maximum atomic E-state index is 12.9. The largest absolute Gasteiger partial charge is 0.493 e. The second kappa shape index (κ2) is 5.61. The molecule has 1 atom stereocenters. The van der Waals surface area contributed by atoms with Gasteiger partial charge in [0.25, 0.3) is 0 Å². The van der Waals surface area contributed by atoms with Crippen LogP contribution in [0.4, 0.5) is 4.39 Å². The standard InChI is InChI=1S/C10H12BrFOS/c1-7(6-14)5-13-10-3-8(11)2-9(12)4-10/h2-4,7,14H,5-6H2,1H3. The third-order valence-electron chi connectivity index (χ3n) is 1.68. The van der Waals surface area contributed by atoms with Gasteiger partial charge in [0, 0.05) is 10.5 Å². The molecule has 78 valence electrons. The predicted molar refractivity (Wildman–Crippen MR) is 62.6 cm³/mol. The van der Waals surface area contributed by atoms with Crippen LogP contribution in [0.5, 0.6) is 5.75 Å². The summed E-state index contributed by atoms with van der Waals surface area (Å²) in [5.41, 5.74) is 0. The maximum Gasteiger partial charge on any atom is 0.128 e. The van der Waals surface area contributed by atoms with Crippen molar-refractivity contribution in [3.05, 3.63) is 28.5 Å². The van der Waals surface area contributed by atoms with Gasteiger partial charge in [0.1, 0.15) is 11.6 Å². The highest BCUT2D eigenvalue weighted by Gasteiger charge is 2.03. The summed E-state index contributed by atoms with van der Waals surface area (Å²) < 4.78 is 19.0. The molecule has 1 aromatic carbocycles. The molecule has 0 radical (unpaired) electrons.